The second kappa shape index (κ2) is 8.19. The molecular formula is C22H33N3O3S. The van der Waals surface area contributed by atoms with Gasteiger partial charge in [-0.2, -0.15) is 0 Å². The Kier molecular flexibility index (Phi) is 5.80. The third kappa shape index (κ3) is 4.89. The first kappa shape index (κ1) is 20.5. The standard InChI is InChI=1S/C22H33N3O3S/c1-29(2,27)23-18-5-7-19(8-6-18)25-15-13-24(14-16-25)12-9-20-17-22(21(26)28-20)10-3-4-11-22/h5-8,20H,1,3-4,9-17H2,2H3,(H,23,27). The Bertz CT molecular complexity index is 823. The van der Waals surface area contributed by atoms with Crippen molar-refractivity contribution < 1.29 is 13.7 Å². The molecule has 3 fully saturated rings. The molecule has 1 aromatic carbocycles. The molecule has 1 spiro atoms. The molecule has 1 saturated carbocycles. The van der Waals surface area contributed by atoms with Gasteiger partial charge in [0, 0.05) is 66.5 Å². The topological polar surface area (TPSA) is 61.9 Å². The van der Waals surface area contributed by atoms with Gasteiger partial charge in [-0.1, -0.05) is 12.8 Å². The molecule has 4 rings (SSSR count). The second-order valence-electron chi connectivity index (χ2n) is 8.99. The monoisotopic (exact) mass is 419 g/mol. The molecule has 1 N–H and O–H groups in total. The number of anilines is 2. The summed E-state index contributed by atoms with van der Waals surface area (Å²) >= 11 is 0. The lowest BCUT2D eigenvalue weighted by Crippen LogP contribution is -2.47. The summed E-state index contributed by atoms with van der Waals surface area (Å²) in [6.07, 6.45) is 8.00. The van der Waals surface area contributed by atoms with Crippen LogP contribution in [0.25, 0.3) is 0 Å². The summed E-state index contributed by atoms with van der Waals surface area (Å²) in [5, 5.41) is 0. The number of nitrogens with zero attached hydrogens (tertiary/aromatic N) is 2. The van der Waals surface area contributed by atoms with Crippen molar-refractivity contribution in [1.29, 1.82) is 0 Å². The average molecular weight is 420 g/mol. The van der Waals surface area contributed by atoms with Gasteiger partial charge < -0.3 is 14.4 Å². The second-order valence-corrected chi connectivity index (χ2v) is 11.2. The van der Waals surface area contributed by atoms with Crippen molar-refractivity contribution in [2.45, 2.75) is 44.6 Å². The average Bonchev–Trinajstić information content (AvgIpc) is 3.27. The van der Waals surface area contributed by atoms with E-state index in [1.807, 2.05) is 12.1 Å². The van der Waals surface area contributed by atoms with Crippen molar-refractivity contribution in [3.63, 3.8) is 0 Å². The fraction of sp³-hybridized carbons (Fsp3) is 0.636. The van der Waals surface area contributed by atoms with E-state index in [4.69, 9.17) is 4.74 Å². The van der Waals surface area contributed by atoms with E-state index in [1.54, 1.807) is 6.26 Å². The molecule has 2 aliphatic heterocycles. The number of cyclic esters (lactones) is 1. The highest BCUT2D eigenvalue weighted by molar-refractivity contribution is 8.00. The van der Waals surface area contributed by atoms with Crippen LogP contribution >= 0.6 is 0 Å². The molecule has 29 heavy (non-hydrogen) atoms. The van der Waals surface area contributed by atoms with E-state index in [0.29, 0.717) is 0 Å². The molecule has 2 saturated heterocycles. The largest absolute Gasteiger partial charge is 0.462 e. The number of ether oxygens (including phenoxy) is 1. The molecule has 0 aromatic heterocycles. The number of carbonyl (C=O) groups excluding carboxylic acids is 1. The predicted octanol–water partition coefficient (Wildman–Crippen LogP) is 2.75. The van der Waals surface area contributed by atoms with Crippen LogP contribution in [0.1, 0.15) is 38.5 Å². The summed E-state index contributed by atoms with van der Waals surface area (Å²) in [6, 6.07) is 8.07. The van der Waals surface area contributed by atoms with Crippen LogP contribution in [0.5, 0.6) is 0 Å². The molecule has 160 valence electrons. The van der Waals surface area contributed by atoms with Gasteiger partial charge in [0.15, 0.2) is 0 Å². The zero-order chi connectivity index (χ0) is 20.5. The quantitative estimate of drug-likeness (QED) is 0.568. The maximum Gasteiger partial charge on any atom is 0.312 e. The van der Waals surface area contributed by atoms with Gasteiger partial charge in [-0.15, -0.1) is 0 Å². The number of hydrogen-bond donors (Lipinski definition) is 1. The van der Waals surface area contributed by atoms with Gasteiger partial charge in [0.2, 0.25) is 0 Å². The van der Waals surface area contributed by atoms with E-state index < -0.39 is 9.71 Å². The number of rotatable bonds is 6. The summed E-state index contributed by atoms with van der Waals surface area (Å²) < 4.78 is 20.4. The van der Waals surface area contributed by atoms with Crippen molar-refractivity contribution >= 4 is 32.9 Å². The van der Waals surface area contributed by atoms with Gasteiger partial charge in [-0.3, -0.25) is 9.69 Å². The lowest BCUT2D eigenvalue weighted by atomic mass is 9.83. The Morgan fingerprint density at radius 3 is 2.45 bits per heavy atom. The van der Waals surface area contributed by atoms with Crippen LogP contribution < -0.4 is 9.62 Å². The molecule has 3 aliphatic rings. The predicted molar refractivity (Wildman–Crippen MR) is 120 cm³/mol. The Morgan fingerprint density at radius 2 is 1.83 bits per heavy atom. The van der Waals surface area contributed by atoms with Crippen LogP contribution in [-0.2, 0) is 19.2 Å². The van der Waals surface area contributed by atoms with Crippen molar-refractivity contribution in [3.05, 3.63) is 24.3 Å². The highest BCUT2D eigenvalue weighted by atomic mass is 32.2. The van der Waals surface area contributed by atoms with Crippen LogP contribution in [0, 0.1) is 5.41 Å². The first-order chi connectivity index (χ1) is 13.8. The molecule has 2 unspecified atom stereocenters. The van der Waals surface area contributed by atoms with Crippen molar-refractivity contribution in [1.82, 2.24) is 4.90 Å². The fourth-order valence-electron chi connectivity index (χ4n) is 5.00. The number of nitrogens with one attached hydrogen (secondary N) is 1. The minimum atomic E-state index is -2.25. The van der Waals surface area contributed by atoms with Gasteiger partial charge >= 0.3 is 5.97 Å². The minimum Gasteiger partial charge on any atom is -0.462 e. The van der Waals surface area contributed by atoms with Crippen molar-refractivity contribution in [2.75, 3.05) is 48.6 Å². The highest BCUT2D eigenvalue weighted by Gasteiger charge is 2.50. The summed E-state index contributed by atoms with van der Waals surface area (Å²) in [5.41, 5.74) is 1.89. The van der Waals surface area contributed by atoms with E-state index in [-0.39, 0.29) is 17.5 Å². The number of esters is 1. The molecule has 0 amide bonds. The highest BCUT2D eigenvalue weighted by Crippen LogP contribution is 2.48. The Labute approximate surface area is 174 Å². The first-order valence-electron chi connectivity index (χ1n) is 10.7. The zero-order valence-electron chi connectivity index (χ0n) is 17.4. The van der Waals surface area contributed by atoms with E-state index in [9.17, 15) is 9.00 Å². The summed E-state index contributed by atoms with van der Waals surface area (Å²) in [7, 11) is -2.25. The summed E-state index contributed by atoms with van der Waals surface area (Å²) in [4.78, 5) is 17.2. The number of hydrogen-bond acceptors (Lipinski definition) is 5. The van der Waals surface area contributed by atoms with Gasteiger partial charge in [-0.05, 0) is 49.4 Å². The first-order valence-corrected chi connectivity index (χ1v) is 12.9. The third-order valence-electron chi connectivity index (χ3n) is 6.59. The maximum atomic E-state index is 12.3. The molecule has 2 atom stereocenters. The van der Waals surface area contributed by atoms with Crippen LogP contribution in [0.2, 0.25) is 0 Å². The van der Waals surface area contributed by atoms with E-state index in [0.717, 1.165) is 64.1 Å². The SMILES string of the molecule is C=S(C)(=O)Nc1ccc(N2CCN(CCC3CC4(CCCC4)C(=O)O3)CC2)cc1. The Hall–Kier alpha value is -1.73. The normalized spacial score (nSPS) is 26.4. The van der Waals surface area contributed by atoms with Crippen LogP contribution in [-0.4, -0.2) is 66.0 Å². The van der Waals surface area contributed by atoms with Gasteiger partial charge in [0.05, 0.1) is 5.41 Å². The zero-order valence-corrected chi connectivity index (χ0v) is 18.2. The fourth-order valence-corrected chi connectivity index (χ4v) is 5.64. The molecule has 7 heteroatoms. The van der Waals surface area contributed by atoms with Crippen LogP contribution in [0.15, 0.2) is 24.3 Å². The maximum absolute atomic E-state index is 12.3. The van der Waals surface area contributed by atoms with E-state index in [1.165, 1.54) is 18.5 Å². The van der Waals surface area contributed by atoms with Crippen LogP contribution in [0.3, 0.4) is 0 Å². The Balaban J connectivity index is 1.22. The number of benzene rings is 1. The molecular weight excluding hydrogens is 386 g/mol. The van der Waals surface area contributed by atoms with Crippen molar-refractivity contribution in [3.8, 4) is 0 Å². The lowest BCUT2D eigenvalue weighted by molar-refractivity contribution is -0.148. The summed E-state index contributed by atoms with van der Waals surface area (Å²) in [5.74, 6) is 3.70. The minimum absolute atomic E-state index is 0.0699. The molecule has 6 nitrogen and oxygen atoms in total. The van der Waals surface area contributed by atoms with Crippen molar-refractivity contribution in [2.24, 2.45) is 5.41 Å². The Morgan fingerprint density at radius 1 is 1.17 bits per heavy atom. The molecule has 1 aromatic rings. The van der Waals surface area contributed by atoms with Gasteiger partial charge in [-0.25, -0.2) is 4.21 Å². The lowest BCUT2D eigenvalue weighted by Gasteiger charge is -2.36. The van der Waals surface area contributed by atoms with Gasteiger partial charge in [0.1, 0.15) is 6.10 Å². The summed E-state index contributed by atoms with van der Waals surface area (Å²) in [6.45, 7) is 5.02. The van der Waals surface area contributed by atoms with E-state index in [2.05, 4.69) is 32.5 Å². The number of carbonyl (C=O) groups is 1. The third-order valence-corrected chi connectivity index (χ3v) is 7.26. The molecule has 0 radical (unpaired) electrons. The smallest absolute Gasteiger partial charge is 0.312 e. The van der Waals surface area contributed by atoms with Crippen LogP contribution in [0.4, 0.5) is 11.4 Å². The number of piperazine rings is 1. The molecule has 2 heterocycles. The van der Waals surface area contributed by atoms with E-state index >= 15 is 0 Å². The molecule has 1 aliphatic carbocycles. The molecule has 0 bridgehead atoms. The van der Waals surface area contributed by atoms with Gasteiger partial charge in [0.25, 0.3) is 0 Å².